The van der Waals surface area contributed by atoms with Gasteiger partial charge >= 0.3 is 0 Å². The Morgan fingerprint density at radius 1 is 1.06 bits per heavy atom. The number of amides is 2. The summed E-state index contributed by atoms with van der Waals surface area (Å²) in [5.74, 6) is 0.0642. The van der Waals surface area contributed by atoms with Crippen molar-refractivity contribution in [1.82, 2.24) is 5.32 Å². The molecule has 0 saturated heterocycles. The van der Waals surface area contributed by atoms with Crippen molar-refractivity contribution in [2.75, 3.05) is 11.4 Å². The van der Waals surface area contributed by atoms with Crippen molar-refractivity contribution in [2.24, 2.45) is 5.16 Å². The second-order valence-electron chi connectivity index (χ2n) is 7.75. The number of nitrogens with one attached hydrogen (secondary N) is 1. The van der Waals surface area contributed by atoms with Crippen LogP contribution in [0, 0.1) is 0 Å². The van der Waals surface area contributed by atoms with Crippen LogP contribution < -0.4 is 15.0 Å². The molecule has 2 atom stereocenters. The fourth-order valence-electron chi connectivity index (χ4n) is 3.85. The van der Waals surface area contributed by atoms with E-state index in [9.17, 15) is 9.59 Å². The molecule has 2 aromatic rings. The van der Waals surface area contributed by atoms with E-state index in [4.69, 9.17) is 9.57 Å². The van der Waals surface area contributed by atoms with Crippen molar-refractivity contribution in [2.45, 2.75) is 51.4 Å². The Morgan fingerprint density at radius 2 is 1.77 bits per heavy atom. The van der Waals surface area contributed by atoms with Crippen molar-refractivity contribution in [3.05, 3.63) is 60.2 Å². The number of rotatable bonds is 6. The van der Waals surface area contributed by atoms with Gasteiger partial charge < -0.3 is 19.8 Å². The lowest BCUT2D eigenvalue weighted by Crippen LogP contribution is -2.54. The molecule has 2 heterocycles. The Morgan fingerprint density at radius 3 is 2.52 bits per heavy atom. The lowest BCUT2D eigenvalue weighted by atomic mass is 10.0. The first-order valence-corrected chi connectivity index (χ1v) is 10.8. The van der Waals surface area contributed by atoms with Gasteiger partial charge in [0.1, 0.15) is 5.75 Å². The summed E-state index contributed by atoms with van der Waals surface area (Å²) in [4.78, 5) is 33.3. The fraction of sp³-hybridized carbons (Fsp3) is 0.375. The minimum absolute atomic E-state index is 0.0809. The predicted octanol–water partition coefficient (Wildman–Crippen LogP) is 3.28. The molecule has 0 spiro atoms. The molecular formula is C24H27N3O4. The number of ether oxygens (including phenoxy) is 1. The summed E-state index contributed by atoms with van der Waals surface area (Å²) in [6.45, 7) is 4.19. The molecule has 2 amide bonds. The van der Waals surface area contributed by atoms with Crippen LogP contribution in [-0.4, -0.2) is 42.3 Å². The molecular weight excluding hydrogens is 394 g/mol. The second-order valence-corrected chi connectivity index (χ2v) is 7.75. The van der Waals surface area contributed by atoms with Gasteiger partial charge in [-0.25, -0.2) is 0 Å². The first kappa shape index (κ1) is 20.9. The average Bonchev–Trinajstić information content (AvgIpc) is 3.32. The quantitative estimate of drug-likeness (QED) is 0.776. The van der Waals surface area contributed by atoms with Crippen molar-refractivity contribution >= 4 is 23.2 Å². The zero-order valence-corrected chi connectivity index (χ0v) is 17.8. The lowest BCUT2D eigenvalue weighted by molar-refractivity contribution is -0.131. The van der Waals surface area contributed by atoms with Gasteiger partial charge in [-0.05, 0) is 30.5 Å². The van der Waals surface area contributed by atoms with Crippen LogP contribution in [0.25, 0.3) is 0 Å². The number of carbonyl (C=O) groups is 2. The molecule has 4 rings (SSSR count). The maximum Gasteiger partial charge on any atom is 0.271 e. The average molecular weight is 421 g/mol. The topological polar surface area (TPSA) is 80.2 Å². The third-order valence-corrected chi connectivity index (χ3v) is 5.72. The standard InChI is InChI=1S/C24H27N3O4/c1-3-17(4-2)25-23(28)22-15-27(19-12-8-9-13-20(19)30-22)24(29)21-14-18(26-31-21)16-10-6-5-7-11-16/h5-13,17,21-22H,3-4,14-15H2,1-2H3,(H,25,28). The molecule has 1 N–H and O–H groups in total. The summed E-state index contributed by atoms with van der Waals surface area (Å²) >= 11 is 0. The Hall–Kier alpha value is -3.35. The van der Waals surface area contributed by atoms with Gasteiger partial charge in [0.25, 0.3) is 11.8 Å². The Labute approximate surface area is 182 Å². The number of fused-ring (bicyclic) bond motifs is 1. The van der Waals surface area contributed by atoms with Crippen LogP contribution in [0.4, 0.5) is 5.69 Å². The van der Waals surface area contributed by atoms with E-state index >= 15 is 0 Å². The zero-order valence-electron chi connectivity index (χ0n) is 17.8. The third-order valence-electron chi connectivity index (χ3n) is 5.72. The van der Waals surface area contributed by atoms with Crippen LogP contribution in [0.1, 0.15) is 38.7 Å². The van der Waals surface area contributed by atoms with Crippen molar-refractivity contribution in [3.8, 4) is 5.75 Å². The molecule has 162 valence electrons. The zero-order chi connectivity index (χ0) is 21.8. The van der Waals surface area contributed by atoms with Gasteiger partial charge in [0.05, 0.1) is 17.9 Å². The van der Waals surface area contributed by atoms with E-state index in [1.807, 2.05) is 62.4 Å². The number of hydrogen-bond donors (Lipinski definition) is 1. The summed E-state index contributed by atoms with van der Waals surface area (Å²) in [6, 6.07) is 17.0. The molecule has 0 fully saturated rings. The van der Waals surface area contributed by atoms with E-state index in [1.54, 1.807) is 11.0 Å². The number of nitrogens with zero attached hydrogens (tertiary/aromatic N) is 2. The molecule has 0 saturated carbocycles. The highest BCUT2D eigenvalue weighted by Gasteiger charge is 2.39. The van der Waals surface area contributed by atoms with Gasteiger partial charge in [-0.2, -0.15) is 0 Å². The van der Waals surface area contributed by atoms with Crippen molar-refractivity contribution < 1.29 is 19.2 Å². The van der Waals surface area contributed by atoms with Gasteiger partial charge in [-0.3, -0.25) is 9.59 Å². The lowest BCUT2D eigenvalue weighted by Gasteiger charge is -2.35. The SMILES string of the molecule is CCC(CC)NC(=O)C1CN(C(=O)C2CC(c3ccccc3)=NO2)c2ccccc2O1. The predicted molar refractivity (Wildman–Crippen MR) is 118 cm³/mol. The number of anilines is 1. The fourth-order valence-corrected chi connectivity index (χ4v) is 3.85. The molecule has 0 aliphatic carbocycles. The number of benzene rings is 2. The monoisotopic (exact) mass is 421 g/mol. The van der Waals surface area contributed by atoms with E-state index in [2.05, 4.69) is 10.5 Å². The Kier molecular flexibility index (Phi) is 6.21. The van der Waals surface area contributed by atoms with Crippen LogP contribution >= 0.6 is 0 Å². The van der Waals surface area contributed by atoms with E-state index in [1.165, 1.54) is 0 Å². The molecule has 31 heavy (non-hydrogen) atoms. The van der Waals surface area contributed by atoms with Crippen LogP contribution in [0.2, 0.25) is 0 Å². The summed E-state index contributed by atoms with van der Waals surface area (Å²) in [7, 11) is 0. The highest BCUT2D eigenvalue weighted by Crippen LogP contribution is 2.34. The number of para-hydroxylation sites is 2. The van der Waals surface area contributed by atoms with Crippen LogP contribution in [-0.2, 0) is 14.4 Å². The van der Waals surface area contributed by atoms with Crippen LogP contribution in [0.5, 0.6) is 5.75 Å². The minimum Gasteiger partial charge on any atom is -0.477 e. The molecule has 2 unspecified atom stereocenters. The van der Waals surface area contributed by atoms with Gasteiger partial charge in [0, 0.05) is 12.5 Å². The van der Waals surface area contributed by atoms with Gasteiger partial charge in [-0.1, -0.05) is 61.5 Å². The Balaban J connectivity index is 1.51. The number of hydrogen-bond acceptors (Lipinski definition) is 5. The van der Waals surface area contributed by atoms with Crippen molar-refractivity contribution in [3.63, 3.8) is 0 Å². The highest BCUT2D eigenvalue weighted by molar-refractivity contribution is 6.07. The molecule has 0 bridgehead atoms. The number of oxime groups is 1. The maximum atomic E-state index is 13.4. The van der Waals surface area contributed by atoms with E-state index in [0.717, 1.165) is 24.1 Å². The minimum atomic E-state index is -0.782. The van der Waals surface area contributed by atoms with Gasteiger partial charge in [0.2, 0.25) is 6.10 Å². The molecule has 7 heteroatoms. The molecule has 7 nitrogen and oxygen atoms in total. The molecule has 2 aromatic carbocycles. The van der Waals surface area contributed by atoms with Gasteiger partial charge in [0.15, 0.2) is 6.10 Å². The van der Waals surface area contributed by atoms with Crippen LogP contribution in [0.3, 0.4) is 0 Å². The molecule has 2 aliphatic heterocycles. The van der Waals surface area contributed by atoms with Crippen molar-refractivity contribution in [1.29, 1.82) is 0 Å². The van der Waals surface area contributed by atoms with E-state index in [0.29, 0.717) is 17.9 Å². The second kappa shape index (κ2) is 9.20. The largest absolute Gasteiger partial charge is 0.477 e. The smallest absolute Gasteiger partial charge is 0.271 e. The molecule has 0 radical (unpaired) electrons. The maximum absolute atomic E-state index is 13.4. The van der Waals surface area contributed by atoms with E-state index < -0.39 is 12.2 Å². The normalized spacial score (nSPS) is 19.8. The summed E-state index contributed by atoms with van der Waals surface area (Å²) in [5, 5.41) is 7.15. The highest BCUT2D eigenvalue weighted by atomic mass is 16.6. The number of carbonyl (C=O) groups excluding carboxylic acids is 2. The summed E-state index contributed by atoms with van der Waals surface area (Å²) in [5.41, 5.74) is 2.31. The molecule has 0 aromatic heterocycles. The first-order valence-electron chi connectivity index (χ1n) is 10.8. The van der Waals surface area contributed by atoms with Gasteiger partial charge in [-0.15, -0.1) is 0 Å². The Bertz CT molecular complexity index is 972. The third kappa shape index (κ3) is 4.40. The van der Waals surface area contributed by atoms with Crippen LogP contribution in [0.15, 0.2) is 59.8 Å². The summed E-state index contributed by atoms with van der Waals surface area (Å²) < 4.78 is 5.94. The summed E-state index contributed by atoms with van der Waals surface area (Å²) in [6.07, 6.45) is 0.542. The first-order chi connectivity index (χ1) is 15.1. The molecule has 2 aliphatic rings. The van der Waals surface area contributed by atoms with E-state index in [-0.39, 0.29) is 24.4 Å².